The summed E-state index contributed by atoms with van der Waals surface area (Å²) in [6, 6.07) is 28.0. The van der Waals surface area contributed by atoms with Crippen LogP contribution < -0.4 is 31.7 Å². The second-order valence-corrected chi connectivity index (χ2v) is 17.0. The monoisotopic (exact) mass is 891 g/mol. The number of nitrogens with zero attached hydrogens (tertiary/aromatic N) is 4. The van der Waals surface area contributed by atoms with Crippen LogP contribution in [0.1, 0.15) is 87.6 Å². The maximum Gasteiger partial charge on any atom is 0.262 e. The molecule has 1 aromatic heterocycles. The maximum atomic E-state index is 13.3. The topological polar surface area (TPSA) is 227 Å². The third-order valence-electron chi connectivity index (χ3n) is 12.7. The Bertz CT molecular complexity index is 2710. The highest BCUT2D eigenvalue weighted by Crippen LogP contribution is 2.40. The summed E-state index contributed by atoms with van der Waals surface area (Å²) < 4.78 is 7.90. The lowest BCUT2D eigenvalue weighted by molar-refractivity contribution is -0.136. The van der Waals surface area contributed by atoms with Crippen LogP contribution in [0.3, 0.4) is 0 Å². The first-order valence-electron chi connectivity index (χ1n) is 22.3. The quantitative estimate of drug-likeness (QED) is 0.0874. The average molecular weight is 892 g/mol. The number of likely N-dealkylation sites (tertiary alicyclic amines) is 1. The molecule has 0 radical (unpaired) electrons. The second kappa shape index (κ2) is 18.7. The van der Waals surface area contributed by atoms with Gasteiger partial charge < -0.3 is 31.3 Å². The fourth-order valence-electron chi connectivity index (χ4n) is 9.34. The zero-order chi connectivity index (χ0) is 45.9. The highest BCUT2D eigenvalue weighted by Gasteiger charge is 2.45. The van der Waals surface area contributed by atoms with Gasteiger partial charge in [0.15, 0.2) is 0 Å². The number of aryl methyl sites for hydroxylation is 1. The molecule has 5 heterocycles. The molecule has 6 N–H and O–H groups in total. The van der Waals surface area contributed by atoms with Crippen LogP contribution in [0, 0.1) is 5.92 Å². The highest BCUT2D eigenvalue weighted by atomic mass is 16.5. The minimum atomic E-state index is -1.06. The van der Waals surface area contributed by atoms with E-state index in [0.717, 1.165) is 41.0 Å². The molecule has 0 bridgehead atoms. The van der Waals surface area contributed by atoms with E-state index in [-0.39, 0.29) is 54.3 Å². The van der Waals surface area contributed by atoms with Gasteiger partial charge in [-0.15, -0.1) is 0 Å². The summed E-state index contributed by atoms with van der Waals surface area (Å²) in [4.78, 5) is 91.9. The number of rotatable bonds is 14. The van der Waals surface area contributed by atoms with Crippen molar-refractivity contribution in [3.8, 4) is 22.8 Å². The molecule has 17 heteroatoms. The van der Waals surface area contributed by atoms with Gasteiger partial charge in [0.1, 0.15) is 34.6 Å². The van der Waals surface area contributed by atoms with E-state index in [9.17, 15) is 33.6 Å². The van der Waals surface area contributed by atoms with E-state index in [1.54, 1.807) is 6.07 Å². The van der Waals surface area contributed by atoms with Crippen LogP contribution in [-0.4, -0.2) is 93.2 Å². The molecule has 0 saturated carbocycles. The van der Waals surface area contributed by atoms with E-state index in [0.29, 0.717) is 73.1 Å². The number of ether oxygens (including phenoxy) is 1. The van der Waals surface area contributed by atoms with Crippen molar-refractivity contribution in [2.75, 3.05) is 42.1 Å². The van der Waals surface area contributed by atoms with E-state index in [1.165, 1.54) is 12.1 Å². The van der Waals surface area contributed by atoms with Crippen LogP contribution in [0.5, 0.6) is 11.5 Å². The first-order chi connectivity index (χ1) is 32.0. The fraction of sp³-hybridized carbons (Fsp3) is 0.306. The van der Waals surface area contributed by atoms with Crippen LogP contribution in [0.4, 0.5) is 17.2 Å². The average Bonchev–Trinajstić information content (AvgIpc) is 3.84. The highest BCUT2D eigenvalue weighted by molar-refractivity contribution is 6.23. The molecule has 2 fully saturated rings. The third kappa shape index (κ3) is 9.09. The van der Waals surface area contributed by atoms with Gasteiger partial charge in [-0.2, -0.15) is 5.10 Å². The number of hydrogen-bond acceptors (Lipinski definition) is 11. The van der Waals surface area contributed by atoms with Crippen molar-refractivity contribution in [2.45, 2.75) is 63.5 Å². The van der Waals surface area contributed by atoms with E-state index in [4.69, 9.17) is 15.6 Å². The summed E-state index contributed by atoms with van der Waals surface area (Å²) in [5, 5.41) is 16.4. The number of amides is 7. The zero-order valence-corrected chi connectivity index (χ0v) is 36.1. The Morgan fingerprint density at radius 2 is 1.52 bits per heavy atom. The van der Waals surface area contributed by atoms with Crippen molar-refractivity contribution < 1.29 is 38.3 Å². The molecule has 0 spiro atoms. The molecule has 9 rings (SSSR count). The van der Waals surface area contributed by atoms with Gasteiger partial charge in [-0.05, 0) is 117 Å². The van der Waals surface area contributed by atoms with Gasteiger partial charge in [-0.1, -0.05) is 30.3 Å². The number of carbonyl (C=O) groups is 7. The van der Waals surface area contributed by atoms with Gasteiger partial charge in [0.2, 0.25) is 23.6 Å². The summed E-state index contributed by atoms with van der Waals surface area (Å²) in [5.74, 6) is -0.801. The number of primary amides is 1. The number of piperidine rings is 2. The largest absolute Gasteiger partial charge is 0.457 e. The number of imide groups is 2. The number of aromatic nitrogens is 2. The van der Waals surface area contributed by atoms with Gasteiger partial charge in [-0.3, -0.25) is 43.8 Å². The molecule has 4 aromatic carbocycles. The molecule has 2 unspecified atom stereocenters. The Kier molecular flexibility index (Phi) is 12.3. The van der Waals surface area contributed by atoms with Crippen molar-refractivity contribution in [3.05, 3.63) is 119 Å². The standard InChI is InChI=1S/C49H49N9O8/c50-45(62)43-44(31-11-16-35(17-12-31)66-34-6-2-1-3-7-34)55-58-38(21-24-51-46(43)58)30-22-25-56(26-23-30)42(61)8-4-5-29-9-13-32(14-10-29)53-41(60)28-52-33-15-18-36-37(27-33)49(65)57(48(36)64)39-19-20-40(59)54-47(39)63/h1-3,6-7,9-18,27,30,38-39,51-52H,4-5,8,19-26,28H2,(H2,50,62)(H,53,60)(H,54,59,63). The number of para-hydroxylation sites is 1. The van der Waals surface area contributed by atoms with Crippen LogP contribution in [0.15, 0.2) is 97.1 Å². The zero-order valence-electron chi connectivity index (χ0n) is 36.1. The lowest BCUT2D eigenvalue weighted by Gasteiger charge is -2.38. The number of nitrogens with two attached hydrogens (primary N) is 1. The molecule has 4 aliphatic rings. The van der Waals surface area contributed by atoms with E-state index in [2.05, 4.69) is 21.3 Å². The minimum absolute atomic E-state index is 0.0302. The van der Waals surface area contributed by atoms with Crippen molar-refractivity contribution in [1.82, 2.24) is 24.9 Å². The van der Waals surface area contributed by atoms with Crippen LogP contribution in [0.25, 0.3) is 11.3 Å². The molecular weight excluding hydrogens is 843 g/mol. The number of anilines is 3. The molecule has 338 valence electrons. The summed E-state index contributed by atoms with van der Waals surface area (Å²) in [6.45, 7) is 1.88. The van der Waals surface area contributed by atoms with Gasteiger partial charge in [0.25, 0.3) is 17.7 Å². The smallest absolute Gasteiger partial charge is 0.262 e. The molecule has 17 nitrogen and oxygen atoms in total. The Balaban J connectivity index is 0.720. The lowest BCUT2D eigenvalue weighted by atomic mass is 9.86. The SMILES string of the molecule is NC(=O)c1c(-c2ccc(Oc3ccccc3)cc2)nn2c1NCCC2C1CCN(C(=O)CCCc2ccc(NC(=O)CNc3ccc4c(c3)C(=O)N(C3CCC(=O)NC3=O)C4=O)cc2)CC1. The molecule has 2 saturated heterocycles. The molecule has 0 aliphatic carbocycles. The molecule has 66 heavy (non-hydrogen) atoms. The Labute approximate surface area is 380 Å². The third-order valence-corrected chi connectivity index (χ3v) is 12.7. The Hall–Kier alpha value is -7.82. The molecule has 5 aromatic rings. The predicted molar refractivity (Wildman–Crippen MR) is 244 cm³/mol. The Morgan fingerprint density at radius 3 is 2.24 bits per heavy atom. The predicted octanol–water partition coefficient (Wildman–Crippen LogP) is 5.51. The number of hydrogen-bond donors (Lipinski definition) is 5. The second-order valence-electron chi connectivity index (χ2n) is 17.0. The summed E-state index contributed by atoms with van der Waals surface area (Å²) in [6.07, 6.45) is 4.38. The summed E-state index contributed by atoms with van der Waals surface area (Å²) in [5.41, 5.74) is 9.96. The van der Waals surface area contributed by atoms with Crippen molar-refractivity contribution in [3.63, 3.8) is 0 Å². The van der Waals surface area contributed by atoms with E-state index >= 15 is 0 Å². The number of fused-ring (bicyclic) bond motifs is 2. The van der Waals surface area contributed by atoms with Crippen molar-refractivity contribution >= 4 is 58.5 Å². The maximum absolute atomic E-state index is 13.3. The van der Waals surface area contributed by atoms with Gasteiger partial charge in [0.05, 0.1) is 23.7 Å². The Morgan fingerprint density at radius 1 is 0.803 bits per heavy atom. The molecule has 7 amide bonds. The van der Waals surface area contributed by atoms with Crippen LogP contribution in [-0.2, 0) is 25.6 Å². The first kappa shape index (κ1) is 43.4. The first-order valence-corrected chi connectivity index (χ1v) is 22.3. The van der Waals surface area contributed by atoms with Crippen LogP contribution in [0.2, 0.25) is 0 Å². The van der Waals surface area contributed by atoms with E-state index in [1.807, 2.05) is 88.4 Å². The molecule has 2 atom stereocenters. The number of carbonyl (C=O) groups excluding carboxylic acids is 7. The normalized spacial score (nSPS) is 18.2. The lowest BCUT2D eigenvalue weighted by Crippen LogP contribution is -2.54. The molecular formula is C49H49N9O8. The van der Waals surface area contributed by atoms with Gasteiger partial charge in [0, 0.05) is 49.4 Å². The molecule has 4 aliphatic heterocycles. The minimum Gasteiger partial charge on any atom is -0.457 e. The number of nitrogens with one attached hydrogen (secondary N) is 4. The fourth-order valence-corrected chi connectivity index (χ4v) is 9.34. The van der Waals surface area contributed by atoms with Crippen LogP contribution >= 0.6 is 0 Å². The summed E-state index contributed by atoms with van der Waals surface area (Å²) in [7, 11) is 0. The van der Waals surface area contributed by atoms with Gasteiger partial charge in [-0.25, -0.2) is 4.68 Å². The summed E-state index contributed by atoms with van der Waals surface area (Å²) >= 11 is 0. The van der Waals surface area contributed by atoms with Crippen molar-refractivity contribution in [2.24, 2.45) is 11.7 Å². The van der Waals surface area contributed by atoms with E-state index < -0.39 is 35.6 Å². The number of benzene rings is 4. The van der Waals surface area contributed by atoms with Gasteiger partial charge >= 0.3 is 0 Å². The van der Waals surface area contributed by atoms with Crippen molar-refractivity contribution in [1.29, 1.82) is 0 Å².